The van der Waals surface area contributed by atoms with E-state index < -0.39 is 0 Å². The van der Waals surface area contributed by atoms with Crippen LogP contribution in [0.5, 0.6) is 0 Å². The van der Waals surface area contributed by atoms with Crippen LogP contribution in [-0.2, 0) is 13.1 Å². The van der Waals surface area contributed by atoms with Gasteiger partial charge in [-0.3, -0.25) is 0 Å². The van der Waals surface area contributed by atoms with Crippen molar-refractivity contribution in [3.05, 3.63) is 60.4 Å². The lowest BCUT2D eigenvalue weighted by Gasteiger charge is -2.33. The second kappa shape index (κ2) is 11.0. The van der Waals surface area contributed by atoms with Gasteiger partial charge in [0.2, 0.25) is 0 Å². The minimum atomic E-state index is 0.640. The van der Waals surface area contributed by atoms with Crippen molar-refractivity contribution >= 4 is 22.7 Å². The van der Waals surface area contributed by atoms with Crippen molar-refractivity contribution in [2.75, 3.05) is 51.2 Å². The lowest BCUT2D eigenvalue weighted by atomic mass is 10.2. The number of nitrogens with zero attached hydrogens (tertiary/aromatic N) is 5. The molecule has 0 bridgehead atoms. The highest BCUT2D eigenvalue weighted by Gasteiger charge is 2.15. The van der Waals surface area contributed by atoms with Crippen LogP contribution in [0, 0.1) is 0 Å². The number of guanidine groups is 1. The van der Waals surface area contributed by atoms with Gasteiger partial charge in [-0.2, -0.15) is 0 Å². The van der Waals surface area contributed by atoms with Crippen LogP contribution >= 0.6 is 0 Å². The number of benzene rings is 1. The summed E-state index contributed by atoms with van der Waals surface area (Å²) in [5, 5.41) is 8.13. The molecule has 3 heterocycles. The second-order valence-electron chi connectivity index (χ2n) is 8.36. The number of aromatic nitrogens is 2. The molecule has 0 radical (unpaired) electrons. The molecule has 2 aromatic heterocycles. The van der Waals surface area contributed by atoms with Gasteiger partial charge in [-0.25, -0.2) is 9.98 Å². The summed E-state index contributed by atoms with van der Waals surface area (Å²) < 4.78 is 2.32. The molecular formula is C25H35N7. The van der Waals surface area contributed by atoms with E-state index in [1.54, 1.807) is 0 Å². The highest BCUT2D eigenvalue weighted by Crippen LogP contribution is 2.16. The van der Waals surface area contributed by atoms with Crippen molar-refractivity contribution in [1.82, 2.24) is 25.1 Å². The highest BCUT2D eigenvalue weighted by molar-refractivity contribution is 5.80. The quantitative estimate of drug-likeness (QED) is 0.325. The van der Waals surface area contributed by atoms with E-state index in [4.69, 9.17) is 4.99 Å². The minimum absolute atomic E-state index is 0.640. The normalized spacial score (nSPS) is 15.3. The first-order valence-corrected chi connectivity index (χ1v) is 11.7. The zero-order valence-electron chi connectivity index (χ0n) is 19.3. The first kappa shape index (κ1) is 22.1. The lowest BCUT2D eigenvalue weighted by Crippen LogP contribution is -2.44. The Balaban J connectivity index is 1.29. The smallest absolute Gasteiger partial charge is 0.191 e. The van der Waals surface area contributed by atoms with E-state index in [1.807, 2.05) is 6.20 Å². The van der Waals surface area contributed by atoms with Crippen molar-refractivity contribution in [2.45, 2.75) is 26.4 Å². The van der Waals surface area contributed by atoms with E-state index in [0.717, 1.165) is 64.0 Å². The Labute approximate surface area is 191 Å². The van der Waals surface area contributed by atoms with Crippen LogP contribution in [0.2, 0.25) is 0 Å². The summed E-state index contributed by atoms with van der Waals surface area (Å²) in [6.45, 7) is 9.65. The number of likely N-dealkylation sites (N-methyl/N-ethyl adjacent to an activating group) is 1. The predicted octanol–water partition coefficient (Wildman–Crippen LogP) is 2.93. The Morgan fingerprint density at radius 3 is 2.75 bits per heavy atom. The van der Waals surface area contributed by atoms with Crippen molar-refractivity contribution in [3.8, 4) is 0 Å². The Kier molecular flexibility index (Phi) is 7.61. The van der Waals surface area contributed by atoms with Crippen LogP contribution in [0.3, 0.4) is 0 Å². The van der Waals surface area contributed by atoms with Crippen molar-refractivity contribution < 1.29 is 0 Å². The number of nitrogens with one attached hydrogen (secondary N) is 2. The molecule has 0 amide bonds. The van der Waals surface area contributed by atoms with Gasteiger partial charge in [0.05, 0.1) is 6.54 Å². The monoisotopic (exact) mass is 433 g/mol. The molecule has 1 fully saturated rings. The maximum Gasteiger partial charge on any atom is 0.191 e. The fourth-order valence-electron chi connectivity index (χ4n) is 4.07. The molecule has 7 heteroatoms. The third-order valence-corrected chi connectivity index (χ3v) is 5.95. The number of hydrogen-bond acceptors (Lipinski definition) is 4. The third-order valence-electron chi connectivity index (χ3n) is 5.95. The van der Waals surface area contributed by atoms with Gasteiger partial charge in [0.25, 0.3) is 0 Å². The average molecular weight is 434 g/mol. The van der Waals surface area contributed by atoms with Gasteiger partial charge >= 0.3 is 0 Å². The van der Waals surface area contributed by atoms with Gasteiger partial charge in [-0.1, -0.05) is 18.2 Å². The summed E-state index contributed by atoms with van der Waals surface area (Å²) in [5.74, 6) is 1.92. The zero-order chi connectivity index (χ0) is 22.2. The summed E-state index contributed by atoms with van der Waals surface area (Å²) in [5.41, 5.74) is 2.48. The zero-order valence-corrected chi connectivity index (χ0v) is 19.3. The molecule has 0 unspecified atom stereocenters. The largest absolute Gasteiger partial charge is 0.357 e. The first-order valence-electron chi connectivity index (χ1n) is 11.7. The number of aryl methyl sites for hydroxylation is 1. The van der Waals surface area contributed by atoms with Gasteiger partial charge in [-0.05, 0) is 55.6 Å². The predicted molar refractivity (Wildman–Crippen MR) is 133 cm³/mol. The molecule has 1 aliphatic heterocycles. The molecule has 7 nitrogen and oxygen atoms in total. The molecule has 170 valence electrons. The van der Waals surface area contributed by atoms with Crippen molar-refractivity contribution in [2.24, 2.45) is 4.99 Å². The van der Waals surface area contributed by atoms with Crippen LogP contribution in [0.4, 0.5) is 5.82 Å². The fourth-order valence-corrected chi connectivity index (χ4v) is 4.07. The van der Waals surface area contributed by atoms with Crippen molar-refractivity contribution in [3.63, 3.8) is 0 Å². The van der Waals surface area contributed by atoms with Crippen LogP contribution < -0.4 is 15.5 Å². The maximum atomic E-state index is 4.80. The molecule has 1 aliphatic rings. The molecule has 1 aromatic carbocycles. The molecular weight excluding hydrogens is 398 g/mol. The van der Waals surface area contributed by atoms with E-state index in [1.165, 1.54) is 16.5 Å². The molecule has 3 aromatic rings. The summed E-state index contributed by atoms with van der Waals surface area (Å²) in [7, 11) is 2.17. The summed E-state index contributed by atoms with van der Waals surface area (Å²) in [4.78, 5) is 14.1. The highest BCUT2D eigenvalue weighted by atomic mass is 15.3. The van der Waals surface area contributed by atoms with Crippen molar-refractivity contribution in [1.29, 1.82) is 0 Å². The lowest BCUT2D eigenvalue weighted by molar-refractivity contribution is 0.312. The number of fused-ring (bicyclic) bond motifs is 1. The number of hydrogen-bond donors (Lipinski definition) is 2. The minimum Gasteiger partial charge on any atom is -0.357 e. The van der Waals surface area contributed by atoms with E-state index >= 15 is 0 Å². The Hall–Kier alpha value is -3.06. The molecule has 0 saturated carbocycles. The van der Waals surface area contributed by atoms with Gasteiger partial charge in [0.1, 0.15) is 5.82 Å². The van der Waals surface area contributed by atoms with E-state index in [9.17, 15) is 0 Å². The number of pyridine rings is 1. The SMILES string of the molecule is CCNC(=NCc1ccnc(N2CCN(C)CC2)c1)NCCCn1ccc2ccccc21. The number of rotatable bonds is 8. The molecule has 2 N–H and O–H groups in total. The van der Waals surface area contributed by atoms with Crippen LogP contribution in [0.1, 0.15) is 18.9 Å². The third kappa shape index (κ3) is 5.79. The van der Waals surface area contributed by atoms with Gasteiger partial charge in [-0.15, -0.1) is 0 Å². The standard InChI is InChI=1S/C25H35N7/c1-3-26-25(28-11-6-13-31-14-10-22-7-4-5-8-23(22)31)29-20-21-9-12-27-24(19-21)32-17-15-30(2)16-18-32/h4-5,7-10,12,14,19H,3,6,11,13,15-18,20H2,1-2H3,(H2,26,28,29). The molecule has 32 heavy (non-hydrogen) atoms. The molecule has 0 aliphatic carbocycles. The summed E-state index contributed by atoms with van der Waals surface area (Å²) in [6, 6.07) is 14.9. The molecule has 0 spiro atoms. The number of aliphatic imine (C=N–C) groups is 1. The van der Waals surface area contributed by atoms with Gasteiger partial charge < -0.3 is 25.0 Å². The average Bonchev–Trinajstić information content (AvgIpc) is 3.24. The van der Waals surface area contributed by atoms with Crippen LogP contribution in [-0.4, -0.2) is 66.7 Å². The van der Waals surface area contributed by atoms with Crippen LogP contribution in [0.25, 0.3) is 10.9 Å². The summed E-state index contributed by atoms with van der Waals surface area (Å²) in [6.07, 6.45) is 5.11. The van der Waals surface area contributed by atoms with E-state index in [-0.39, 0.29) is 0 Å². The van der Waals surface area contributed by atoms with E-state index in [2.05, 4.69) is 92.6 Å². The fraction of sp³-hybridized carbons (Fsp3) is 0.440. The topological polar surface area (TPSA) is 60.7 Å². The maximum absolute atomic E-state index is 4.80. The Morgan fingerprint density at radius 2 is 1.91 bits per heavy atom. The van der Waals surface area contributed by atoms with Gasteiger partial charge in [0.15, 0.2) is 5.96 Å². The Bertz CT molecular complexity index is 1020. The molecule has 4 rings (SSSR count). The molecule has 0 atom stereocenters. The summed E-state index contributed by atoms with van der Waals surface area (Å²) >= 11 is 0. The number of piperazine rings is 1. The van der Waals surface area contributed by atoms with Gasteiger partial charge in [0, 0.05) is 63.7 Å². The first-order chi connectivity index (χ1) is 15.7. The second-order valence-corrected chi connectivity index (χ2v) is 8.36. The Morgan fingerprint density at radius 1 is 1.06 bits per heavy atom. The number of para-hydroxylation sites is 1. The van der Waals surface area contributed by atoms with Crippen LogP contribution in [0.15, 0.2) is 59.9 Å². The van der Waals surface area contributed by atoms with E-state index in [0.29, 0.717) is 6.54 Å². The molecule has 1 saturated heterocycles. The number of anilines is 1.